The van der Waals surface area contributed by atoms with Gasteiger partial charge in [-0.05, 0) is 31.5 Å². The van der Waals surface area contributed by atoms with Gasteiger partial charge in [-0.25, -0.2) is 0 Å². The number of Topliss-reactive ketones (excluding diaryl/α,β-unsaturated/α-hetero) is 1. The van der Waals surface area contributed by atoms with E-state index in [1.54, 1.807) is 6.92 Å². The number of ketones is 1. The molecular formula is C16H20F3NO2. The van der Waals surface area contributed by atoms with Gasteiger partial charge in [0, 0.05) is 11.5 Å². The van der Waals surface area contributed by atoms with Gasteiger partial charge in [0.15, 0.2) is 5.78 Å². The lowest BCUT2D eigenvalue weighted by molar-refractivity contribution is -0.137. The van der Waals surface area contributed by atoms with Gasteiger partial charge >= 0.3 is 6.18 Å². The van der Waals surface area contributed by atoms with Crippen molar-refractivity contribution in [2.75, 3.05) is 5.32 Å². The molecule has 0 aliphatic carbocycles. The number of alkyl halides is 3. The van der Waals surface area contributed by atoms with Crippen LogP contribution in [0.3, 0.4) is 0 Å². The molecule has 1 aromatic carbocycles. The van der Waals surface area contributed by atoms with Crippen molar-refractivity contribution in [2.45, 2.75) is 46.2 Å². The van der Waals surface area contributed by atoms with Crippen molar-refractivity contribution in [1.29, 1.82) is 0 Å². The lowest BCUT2D eigenvalue weighted by Crippen LogP contribution is -2.22. The van der Waals surface area contributed by atoms with Crippen molar-refractivity contribution in [3.63, 3.8) is 0 Å². The molecule has 3 nitrogen and oxygen atoms in total. The Hall–Kier alpha value is -1.85. The first-order valence-corrected chi connectivity index (χ1v) is 7.19. The number of hydrogen-bond acceptors (Lipinski definition) is 2. The molecule has 0 aromatic heterocycles. The third kappa shape index (κ3) is 4.86. The Morgan fingerprint density at radius 1 is 1.27 bits per heavy atom. The first-order valence-electron chi connectivity index (χ1n) is 7.19. The predicted octanol–water partition coefficient (Wildman–Crippen LogP) is 4.67. The zero-order valence-electron chi connectivity index (χ0n) is 12.9. The first kappa shape index (κ1) is 18.2. The van der Waals surface area contributed by atoms with E-state index in [-0.39, 0.29) is 17.2 Å². The van der Waals surface area contributed by atoms with E-state index in [1.807, 2.05) is 6.92 Å². The molecule has 1 atom stereocenters. The Morgan fingerprint density at radius 3 is 2.41 bits per heavy atom. The Balaban J connectivity index is 3.04. The number of rotatable bonds is 6. The standard InChI is InChI=1S/C16H20F3NO2/c1-4-5-6-10(2)15(22)20-14-8-7-12(11(3)21)9-13(14)16(17,18)19/h7-10H,4-6H2,1-3H3,(H,20,22)/t10-/m0/s1. The summed E-state index contributed by atoms with van der Waals surface area (Å²) in [7, 11) is 0. The molecule has 0 unspecified atom stereocenters. The van der Waals surface area contributed by atoms with Crippen LogP contribution in [0.4, 0.5) is 18.9 Å². The molecule has 0 saturated carbocycles. The molecule has 0 radical (unpaired) electrons. The number of unbranched alkanes of at least 4 members (excludes halogenated alkanes) is 1. The molecule has 6 heteroatoms. The molecule has 22 heavy (non-hydrogen) atoms. The molecule has 122 valence electrons. The van der Waals surface area contributed by atoms with Crippen molar-refractivity contribution in [1.82, 2.24) is 0 Å². The van der Waals surface area contributed by atoms with E-state index in [4.69, 9.17) is 0 Å². The fraction of sp³-hybridized carbons (Fsp3) is 0.500. The number of carbonyl (C=O) groups excluding carboxylic acids is 2. The summed E-state index contributed by atoms with van der Waals surface area (Å²) in [4.78, 5) is 23.2. The molecule has 0 spiro atoms. The Bertz CT molecular complexity index is 553. The fourth-order valence-corrected chi connectivity index (χ4v) is 2.00. The summed E-state index contributed by atoms with van der Waals surface area (Å²) < 4.78 is 39.3. The van der Waals surface area contributed by atoms with Gasteiger partial charge in [0.25, 0.3) is 0 Å². The van der Waals surface area contributed by atoms with E-state index in [0.29, 0.717) is 6.42 Å². The van der Waals surface area contributed by atoms with E-state index in [2.05, 4.69) is 5.32 Å². The highest BCUT2D eigenvalue weighted by molar-refractivity contribution is 5.97. The van der Waals surface area contributed by atoms with E-state index in [1.165, 1.54) is 13.0 Å². The number of anilines is 1. The Kier molecular flexibility index (Phi) is 6.14. The minimum Gasteiger partial charge on any atom is -0.325 e. The van der Waals surface area contributed by atoms with Gasteiger partial charge in [0.2, 0.25) is 5.91 Å². The van der Waals surface area contributed by atoms with Crippen molar-refractivity contribution >= 4 is 17.4 Å². The lowest BCUT2D eigenvalue weighted by Gasteiger charge is -2.17. The van der Waals surface area contributed by atoms with Crippen LogP contribution in [0.15, 0.2) is 18.2 Å². The zero-order valence-corrected chi connectivity index (χ0v) is 12.9. The number of carbonyl (C=O) groups is 2. The molecular weight excluding hydrogens is 295 g/mol. The molecule has 0 bridgehead atoms. The van der Waals surface area contributed by atoms with Crippen LogP contribution in [0.5, 0.6) is 0 Å². The Morgan fingerprint density at radius 2 is 1.91 bits per heavy atom. The van der Waals surface area contributed by atoms with Crippen LogP contribution in [0.1, 0.15) is 56.0 Å². The average molecular weight is 315 g/mol. The Labute approximate surface area is 127 Å². The van der Waals surface area contributed by atoms with Crippen LogP contribution < -0.4 is 5.32 Å². The topological polar surface area (TPSA) is 46.2 Å². The van der Waals surface area contributed by atoms with Crippen molar-refractivity contribution in [3.05, 3.63) is 29.3 Å². The smallest absolute Gasteiger partial charge is 0.325 e. The van der Waals surface area contributed by atoms with Gasteiger partial charge in [0.1, 0.15) is 0 Å². The van der Waals surface area contributed by atoms with Crippen LogP contribution in [0.2, 0.25) is 0 Å². The molecule has 1 aromatic rings. The molecule has 1 amide bonds. The number of hydrogen-bond donors (Lipinski definition) is 1. The number of amides is 1. The van der Waals surface area contributed by atoms with E-state index in [9.17, 15) is 22.8 Å². The quantitative estimate of drug-likeness (QED) is 0.775. The molecule has 1 rings (SSSR count). The van der Waals surface area contributed by atoms with Gasteiger partial charge in [0.05, 0.1) is 11.3 Å². The first-order chi connectivity index (χ1) is 10.2. The monoisotopic (exact) mass is 315 g/mol. The van der Waals surface area contributed by atoms with Crippen molar-refractivity contribution in [2.24, 2.45) is 5.92 Å². The van der Waals surface area contributed by atoms with Gasteiger partial charge < -0.3 is 5.32 Å². The van der Waals surface area contributed by atoms with Crippen LogP contribution >= 0.6 is 0 Å². The van der Waals surface area contributed by atoms with Crippen molar-refractivity contribution < 1.29 is 22.8 Å². The highest BCUT2D eigenvalue weighted by Crippen LogP contribution is 2.35. The van der Waals surface area contributed by atoms with Gasteiger partial charge in [-0.3, -0.25) is 9.59 Å². The van der Waals surface area contributed by atoms with Crippen LogP contribution in [0.25, 0.3) is 0 Å². The van der Waals surface area contributed by atoms with E-state index in [0.717, 1.165) is 25.0 Å². The summed E-state index contributed by atoms with van der Waals surface area (Å²) in [5, 5.41) is 2.32. The van der Waals surface area contributed by atoms with E-state index >= 15 is 0 Å². The average Bonchev–Trinajstić information content (AvgIpc) is 2.43. The maximum absolute atomic E-state index is 13.1. The normalized spacial score (nSPS) is 12.8. The van der Waals surface area contributed by atoms with Crippen molar-refractivity contribution in [3.8, 4) is 0 Å². The van der Waals surface area contributed by atoms with Crippen LogP contribution in [-0.4, -0.2) is 11.7 Å². The second kappa shape index (κ2) is 7.42. The molecule has 0 heterocycles. The lowest BCUT2D eigenvalue weighted by atomic mass is 10.0. The predicted molar refractivity (Wildman–Crippen MR) is 78.8 cm³/mol. The van der Waals surface area contributed by atoms with Gasteiger partial charge in [-0.2, -0.15) is 13.2 Å². The van der Waals surface area contributed by atoms with E-state index < -0.39 is 23.4 Å². The summed E-state index contributed by atoms with van der Waals surface area (Å²) in [6.07, 6.45) is -2.27. The highest BCUT2D eigenvalue weighted by atomic mass is 19.4. The summed E-state index contributed by atoms with van der Waals surface area (Å²) in [6, 6.07) is 3.18. The number of nitrogens with one attached hydrogen (secondary N) is 1. The highest BCUT2D eigenvalue weighted by Gasteiger charge is 2.34. The zero-order chi connectivity index (χ0) is 16.9. The largest absolute Gasteiger partial charge is 0.418 e. The second-order valence-electron chi connectivity index (χ2n) is 5.35. The number of benzene rings is 1. The van der Waals surface area contributed by atoms with Gasteiger partial charge in [-0.15, -0.1) is 0 Å². The third-order valence-electron chi connectivity index (χ3n) is 3.43. The summed E-state index contributed by atoms with van der Waals surface area (Å²) in [6.45, 7) is 4.86. The maximum atomic E-state index is 13.1. The second-order valence-corrected chi connectivity index (χ2v) is 5.35. The number of halogens is 3. The fourth-order valence-electron chi connectivity index (χ4n) is 2.00. The molecule has 0 aliphatic heterocycles. The summed E-state index contributed by atoms with van der Waals surface area (Å²) >= 11 is 0. The molecule has 0 saturated heterocycles. The van der Waals surface area contributed by atoms with Crippen LogP contribution in [-0.2, 0) is 11.0 Å². The maximum Gasteiger partial charge on any atom is 0.418 e. The summed E-state index contributed by atoms with van der Waals surface area (Å²) in [5.74, 6) is -1.28. The van der Waals surface area contributed by atoms with Crippen LogP contribution in [0, 0.1) is 5.92 Å². The molecule has 1 N–H and O–H groups in total. The molecule has 0 fully saturated rings. The minimum absolute atomic E-state index is 0.0376. The molecule has 0 aliphatic rings. The SMILES string of the molecule is CCCC[C@H](C)C(=O)Nc1ccc(C(C)=O)cc1C(F)(F)F. The minimum atomic E-state index is -4.64. The third-order valence-corrected chi connectivity index (χ3v) is 3.43. The summed E-state index contributed by atoms with van der Waals surface area (Å²) in [5.41, 5.74) is -1.36. The van der Waals surface area contributed by atoms with Gasteiger partial charge in [-0.1, -0.05) is 26.7 Å².